The molecular formula is C17H18N2O4. The Bertz CT molecular complexity index is 662. The summed E-state index contributed by atoms with van der Waals surface area (Å²) in [5.74, 6) is -0.846. The zero-order chi connectivity index (χ0) is 16.4. The molecule has 6 heteroatoms. The van der Waals surface area contributed by atoms with Crippen LogP contribution in [0.5, 0.6) is 0 Å². The molecule has 1 saturated heterocycles. The molecule has 0 aromatic heterocycles. The number of carbonyl (C=O) groups is 3. The van der Waals surface area contributed by atoms with Gasteiger partial charge < -0.3 is 15.4 Å². The SMILES string of the molecule is C=CC(=O)NC1(c2ccc(NC(=O)[C@H]3CCC(=O)O3)cc2)CC1. The van der Waals surface area contributed by atoms with Crippen LogP contribution in [0.15, 0.2) is 36.9 Å². The number of ether oxygens (including phenoxy) is 1. The van der Waals surface area contributed by atoms with Gasteiger partial charge in [0.2, 0.25) is 5.91 Å². The van der Waals surface area contributed by atoms with E-state index in [2.05, 4.69) is 17.2 Å². The number of benzene rings is 1. The summed E-state index contributed by atoms with van der Waals surface area (Å²) in [4.78, 5) is 34.5. The predicted octanol–water partition coefficient (Wildman–Crippen LogP) is 1.62. The van der Waals surface area contributed by atoms with Crippen molar-refractivity contribution >= 4 is 23.5 Å². The first kappa shape index (κ1) is 15.3. The van der Waals surface area contributed by atoms with Crippen molar-refractivity contribution in [3.05, 3.63) is 42.5 Å². The first-order chi connectivity index (χ1) is 11.0. The summed E-state index contributed by atoms with van der Waals surface area (Å²) < 4.78 is 4.93. The first-order valence-electron chi connectivity index (χ1n) is 7.58. The van der Waals surface area contributed by atoms with E-state index >= 15 is 0 Å². The zero-order valence-corrected chi connectivity index (χ0v) is 12.6. The third-order valence-corrected chi connectivity index (χ3v) is 4.18. The number of cyclic esters (lactones) is 1. The van der Waals surface area contributed by atoms with Crippen molar-refractivity contribution in [3.8, 4) is 0 Å². The summed E-state index contributed by atoms with van der Waals surface area (Å²) >= 11 is 0. The van der Waals surface area contributed by atoms with Gasteiger partial charge in [0.1, 0.15) is 0 Å². The summed E-state index contributed by atoms with van der Waals surface area (Å²) in [5.41, 5.74) is 1.32. The third-order valence-electron chi connectivity index (χ3n) is 4.18. The lowest BCUT2D eigenvalue weighted by Gasteiger charge is -2.17. The van der Waals surface area contributed by atoms with E-state index in [4.69, 9.17) is 4.74 Å². The second kappa shape index (κ2) is 5.87. The second-order valence-electron chi connectivity index (χ2n) is 5.86. The number of esters is 1. The smallest absolute Gasteiger partial charge is 0.306 e. The highest BCUT2D eigenvalue weighted by atomic mass is 16.6. The maximum absolute atomic E-state index is 12.0. The number of anilines is 1. The standard InChI is InChI=1S/C17H18N2O4/c1-2-14(20)19-17(9-10-17)11-3-5-12(6-4-11)18-16(22)13-7-8-15(21)23-13/h2-6,13H,1,7-10H2,(H,18,22)(H,19,20)/t13-/m1/s1. The highest BCUT2D eigenvalue weighted by molar-refractivity contribution is 5.96. The maximum Gasteiger partial charge on any atom is 0.306 e. The average molecular weight is 314 g/mol. The molecular weight excluding hydrogens is 296 g/mol. The van der Waals surface area contributed by atoms with Gasteiger partial charge in [-0.2, -0.15) is 0 Å². The van der Waals surface area contributed by atoms with Crippen molar-refractivity contribution in [3.63, 3.8) is 0 Å². The van der Waals surface area contributed by atoms with E-state index in [1.807, 2.05) is 12.1 Å². The van der Waals surface area contributed by atoms with Crippen LogP contribution in [0.2, 0.25) is 0 Å². The van der Waals surface area contributed by atoms with E-state index in [0.29, 0.717) is 12.1 Å². The normalized spacial score (nSPS) is 21.2. The van der Waals surface area contributed by atoms with Crippen molar-refractivity contribution in [1.29, 1.82) is 0 Å². The highest BCUT2D eigenvalue weighted by Crippen LogP contribution is 2.45. The fourth-order valence-corrected chi connectivity index (χ4v) is 2.70. The van der Waals surface area contributed by atoms with E-state index in [1.165, 1.54) is 6.08 Å². The third kappa shape index (κ3) is 3.26. The molecule has 0 unspecified atom stereocenters. The first-order valence-corrected chi connectivity index (χ1v) is 7.58. The van der Waals surface area contributed by atoms with Gasteiger partial charge in [0.25, 0.3) is 5.91 Å². The minimum Gasteiger partial charge on any atom is -0.452 e. The molecule has 0 radical (unpaired) electrons. The molecule has 1 saturated carbocycles. The minimum absolute atomic E-state index is 0.192. The van der Waals surface area contributed by atoms with Crippen LogP contribution in [0.4, 0.5) is 5.69 Å². The molecule has 2 N–H and O–H groups in total. The van der Waals surface area contributed by atoms with Gasteiger partial charge in [-0.25, -0.2) is 0 Å². The number of hydrogen-bond donors (Lipinski definition) is 2. The molecule has 0 spiro atoms. The molecule has 1 aromatic carbocycles. The maximum atomic E-state index is 12.0. The number of amides is 2. The molecule has 23 heavy (non-hydrogen) atoms. The van der Waals surface area contributed by atoms with Crippen molar-refractivity contribution in [2.75, 3.05) is 5.32 Å². The fourth-order valence-electron chi connectivity index (χ4n) is 2.70. The Balaban J connectivity index is 1.63. The molecule has 2 fully saturated rings. The van der Waals surface area contributed by atoms with Gasteiger partial charge in [-0.1, -0.05) is 18.7 Å². The van der Waals surface area contributed by atoms with Crippen LogP contribution in [-0.2, 0) is 24.7 Å². The van der Waals surface area contributed by atoms with Crippen molar-refractivity contribution < 1.29 is 19.1 Å². The van der Waals surface area contributed by atoms with E-state index in [9.17, 15) is 14.4 Å². The monoisotopic (exact) mass is 314 g/mol. The Morgan fingerprint density at radius 1 is 1.26 bits per heavy atom. The minimum atomic E-state index is -0.705. The Kier molecular flexibility index (Phi) is 3.90. The van der Waals surface area contributed by atoms with E-state index < -0.39 is 6.10 Å². The number of hydrogen-bond acceptors (Lipinski definition) is 4. The van der Waals surface area contributed by atoms with Gasteiger partial charge in [-0.3, -0.25) is 14.4 Å². The summed E-state index contributed by atoms with van der Waals surface area (Å²) in [6.45, 7) is 3.46. The summed E-state index contributed by atoms with van der Waals surface area (Å²) in [6, 6.07) is 7.33. The molecule has 2 aliphatic rings. The Morgan fingerprint density at radius 2 is 1.96 bits per heavy atom. The van der Waals surface area contributed by atoms with Crippen LogP contribution in [0, 0.1) is 0 Å². The van der Waals surface area contributed by atoms with Gasteiger partial charge in [-0.15, -0.1) is 0 Å². The van der Waals surface area contributed by atoms with Gasteiger partial charge >= 0.3 is 5.97 Å². The molecule has 1 heterocycles. The quantitative estimate of drug-likeness (QED) is 0.639. The Morgan fingerprint density at radius 3 is 2.48 bits per heavy atom. The predicted molar refractivity (Wildman–Crippen MR) is 83.4 cm³/mol. The number of rotatable bonds is 5. The van der Waals surface area contributed by atoms with Crippen molar-refractivity contribution in [1.82, 2.24) is 5.32 Å². The molecule has 1 aliphatic carbocycles. The Labute approximate surface area is 133 Å². The summed E-state index contributed by atoms with van der Waals surface area (Å²) in [5, 5.41) is 5.68. The molecule has 2 amide bonds. The highest BCUT2D eigenvalue weighted by Gasteiger charge is 2.45. The lowest BCUT2D eigenvalue weighted by atomic mass is 10.0. The van der Waals surface area contributed by atoms with Gasteiger partial charge in [-0.05, 0) is 36.6 Å². The molecule has 120 valence electrons. The second-order valence-corrected chi connectivity index (χ2v) is 5.86. The molecule has 6 nitrogen and oxygen atoms in total. The molecule has 3 rings (SSSR count). The van der Waals surface area contributed by atoms with E-state index in [0.717, 1.165) is 18.4 Å². The fraction of sp³-hybridized carbons (Fsp3) is 0.353. The van der Waals surface area contributed by atoms with Crippen molar-refractivity contribution in [2.45, 2.75) is 37.3 Å². The largest absolute Gasteiger partial charge is 0.452 e. The molecule has 1 aliphatic heterocycles. The van der Waals surface area contributed by atoms with Gasteiger partial charge in [0.05, 0.1) is 5.54 Å². The van der Waals surface area contributed by atoms with Crippen LogP contribution in [0.25, 0.3) is 0 Å². The summed E-state index contributed by atoms with van der Waals surface area (Å²) in [7, 11) is 0. The topological polar surface area (TPSA) is 84.5 Å². The summed E-state index contributed by atoms with van der Waals surface area (Å²) in [6.07, 6.45) is 3.02. The molecule has 1 atom stereocenters. The van der Waals surface area contributed by atoms with Crippen LogP contribution in [-0.4, -0.2) is 23.9 Å². The van der Waals surface area contributed by atoms with Crippen LogP contribution in [0.3, 0.4) is 0 Å². The number of carbonyl (C=O) groups excluding carboxylic acids is 3. The lowest BCUT2D eigenvalue weighted by Crippen LogP contribution is -2.33. The van der Waals surface area contributed by atoms with Gasteiger partial charge in [0.15, 0.2) is 6.10 Å². The van der Waals surface area contributed by atoms with Crippen LogP contribution >= 0.6 is 0 Å². The van der Waals surface area contributed by atoms with E-state index in [1.54, 1.807) is 12.1 Å². The van der Waals surface area contributed by atoms with Gasteiger partial charge in [0, 0.05) is 18.5 Å². The van der Waals surface area contributed by atoms with E-state index in [-0.39, 0.29) is 29.7 Å². The van der Waals surface area contributed by atoms with Crippen LogP contribution < -0.4 is 10.6 Å². The average Bonchev–Trinajstić information content (AvgIpc) is 3.19. The molecule has 1 aromatic rings. The molecule has 0 bridgehead atoms. The zero-order valence-electron chi connectivity index (χ0n) is 12.6. The lowest BCUT2D eigenvalue weighted by molar-refractivity contribution is -0.146. The van der Waals surface area contributed by atoms with Crippen LogP contribution in [0.1, 0.15) is 31.2 Å². The Hall–Kier alpha value is -2.63. The van der Waals surface area contributed by atoms with Crippen molar-refractivity contribution in [2.24, 2.45) is 0 Å². The number of nitrogens with one attached hydrogen (secondary N) is 2.